The third-order valence-electron chi connectivity index (χ3n) is 3.29. The summed E-state index contributed by atoms with van der Waals surface area (Å²) in [6, 6.07) is 5.10. The summed E-state index contributed by atoms with van der Waals surface area (Å²) in [5.41, 5.74) is 2.47. The molecule has 1 aromatic carbocycles. The van der Waals surface area contributed by atoms with Gasteiger partial charge in [-0.1, -0.05) is 0 Å². The minimum absolute atomic E-state index is 0.177. The molecule has 0 radical (unpaired) electrons. The van der Waals surface area contributed by atoms with E-state index in [4.69, 9.17) is 0 Å². The molecule has 2 N–H and O–H groups in total. The molecule has 6 nitrogen and oxygen atoms in total. The van der Waals surface area contributed by atoms with Gasteiger partial charge in [-0.15, -0.1) is 0 Å². The Balaban J connectivity index is 1.92. The molecule has 0 aliphatic heterocycles. The van der Waals surface area contributed by atoms with Gasteiger partial charge in [-0.2, -0.15) is 5.10 Å². The van der Waals surface area contributed by atoms with Crippen LogP contribution in [-0.2, 0) is 11.8 Å². The Hall–Kier alpha value is -2.70. The molecule has 0 atom stereocenters. The zero-order chi connectivity index (χ0) is 16.3. The number of hydrogen-bond acceptors (Lipinski definition) is 3. The number of nitrogens with zero attached hydrogens (tertiary/aromatic N) is 2. The molecule has 0 saturated carbocycles. The van der Waals surface area contributed by atoms with Crippen LogP contribution in [0.25, 0.3) is 0 Å². The molecule has 2 amide bonds. The van der Waals surface area contributed by atoms with E-state index in [2.05, 4.69) is 15.7 Å². The molecule has 0 bridgehead atoms. The Morgan fingerprint density at radius 3 is 2.41 bits per heavy atom. The van der Waals surface area contributed by atoms with Crippen molar-refractivity contribution in [1.29, 1.82) is 0 Å². The highest BCUT2D eigenvalue weighted by molar-refractivity contribution is 5.99. The van der Waals surface area contributed by atoms with Crippen molar-refractivity contribution in [2.24, 2.45) is 7.05 Å². The van der Waals surface area contributed by atoms with Gasteiger partial charge in [0.05, 0.1) is 23.6 Å². The van der Waals surface area contributed by atoms with Gasteiger partial charge in [0.1, 0.15) is 5.82 Å². The molecule has 0 unspecified atom stereocenters. The predicted molar refractivity (Wildman–Crippen MR) is 80.0 cm³/mol. The number of aryl methyl sites for hydroxylation is 2. The number of benzene rings is 1. The Kier molecular flexibility index (Phi) is 4.55. The van der Waals surface area contributed by atoms with E-state index in [-0.39, 0.29) is 12.5 Å². The summed E-state index contributed by atoms with van der Waals surface area (Å²) in [7, 11) is 1.79. The zero-order valence-corrected chi connectivity index (χ0v) is 12.6. The first-order chi connectivity index (χ1) is 10.4. The normalized spacial score (nSPS) is 10.4. The van der Waals surface area contributed by atoms with Crippen LogP contribution in [-0.4, -0.2) is 28.1 Å². The lowest BCUT2D eigenvalue weighted by Gasteiger charge is -2.07. The molecule has 7 heteroatoms. The third-order valence-corrected chi connectivity index (χ3v) is 3.29. The summed E-state index contributed by atoms with van der Waals surface area (Å²) in [6.45, 7) is 3.45. The lowest BCUT2D eigenvalue weighted by atomic mass is 10.2. The molecule has 116 valence electrons. The number of carbonyl (C=O) groups is 2. The number of nitrogens with one attached hydrogen (secondary N) is 2. The third kappa shape index (κ3) is 3.49. The summed E-state index contributed by atoms with van der Waals surface area (Å²) in [4.78, 5) is 23.7. The maximum Gasteiger partial charge on any atom is 0.251 e. The smallest absolute Gasteiger partial charge is 0.251 e. The first-order valence-corrected chi connectivity index (χ1v) is 6.72. The van der Waals surface area contributed by atoms with Crippen molar-refractivity contribution in [2.45, 2.75) is 13.8 Å². The van der Waals surface area contributed by atoms with E-state index < -0.39 is 11.7 Å². The van der Waals surface area contributed by atoms with Gasteiger partial charge in [-0.25, -0.2) is 4.39 Å². The van der Waals surface area contributed by atoms with Crippen molar-refractivity contribution in [2.75, 3.05) is 11.9 Å². The molecule has 22 heavy (non-hydrogen) atoms. The van der Waals surface area contributed by atoms with Crippen molar-refractivity contribution >= 4 is 17.5 Å². The van der Waals surface area contributed by atoms with Crippen LogP contribution in [0.5, 0.6) is 0 Å². The highest BCUT2D eigenvalue weighted by Crippen LogP contribution is 2.17. The summed E-state index contributed by atoms with van der Waals surface area (Å²) in [5.74, 6) is -1.21. The average molecular weight is 304 g/mol. The van der Waals surface area contributed by atoms with Crippen LogP contribution in [0.3, 0.4) is 0 Å². The monoisotopic (exact) mass is 304 g/mol. The van der Waals surface area contributed by atoms with Gasteiger partial charge < -0.3 is 10.6 Å². The van der Waals surface area contributed by atoms with Gasteiger partial charge in [0, 0.05) is 12.6 Å². The van der Waals surface area contributed by atoms with Crippen molar-refractivity contribution in [3.63, 3.8) is 0 Å². The fourth-order valence-corrected chi connectivity index (χ4v) is 2.00. The maximum absolute atomic E-state index is 12.8. The molecule has 1 aromatic heterocycles. The van der Waals surface area contributed by atoms with Gasteiger partial charge in [0.15, 0.2) is 0 Å². The number of aromatic nitrogens is 2. The quantitative estimate of drug-likeness (QED) is 0.899. The Labute approximate surface area is 127 Å². The second-order valence-electron chi connectivity index (χ2n) is 4.91. The average Bonchev–Trinajstić information content (AvgIpc) is 2.72. The summed E-state index contributed by atoms with van der Waals surface area (Å²) >= 11 is 0. The topological polar surface area (TPSA) is 76.0 Å². The largest absolute Gasteiger partial charge is 0.343 e. The summed E-state index contributed by atoms with van der Waals surface area (Å²) in [6.07, 6.45) is 0. The highest BCUT2D eigenvalue weighted by Gasteiger charge is 2.13. The number of hydrogen-bond donors (Lipinski definition) is 2. The minimum Gasteiger partial charge on any atom is -0.343 e. The number of amides is 2. The molecule has 1 heterocycles. The van der Waals surface area contributed by atoms with Crippen LogP contribution in [0, 0.1) is 19.7 Å². The molecule has 0 spiro atoms. The standard InChI is InChI=1S/C15H17FN4O2/c1-9-14(10(2)20(3)19-9)18-13(21)8-17-15(22)11-4-6-12(16)7-5-11/h4-7H,8H2,1-3H3,(H,17,22)(H,18,21). The van der Waals surface area contributed by atoms with Crippen LogP contribution < -0.4 is 10.6 Å². The first-order valence-electron chi connectivity index (χ1n) is 6.72. The van der Waals surface area contributed by atoms with Gasteiger partial charge in [-0.05, 0) is 38.1 Å². The molecule has 0 aliphatic rings. The molecule has 0 saturated heterocycles. The Morgan fingerprint density at radius 1 is 1.23 bits per heavy atom. The first kappa shape index (κ1) is 15.7. The van der Waals surface area contributed by atoms with Crippen LogP contribution in [0.2, 0.25) is 0 Å². The lowest BCUT2D eigenvalue weighted by Crippen LogP contribution is -2.33. The van der Waals surface area contributed by atoms with Crippen LogP contribution in [0.1, 0.15) is 21.7 Å². The van der Waals surface area contributed by atoms with Crippen molar-refractivity contribution in [3.05, 3.63) is 47.0 Å². The van der Waals surface area contributed by atoms with Gasteiger partial charge in [0.2, 0.25) is 5.91 Å². The fourth-order valence-electron chi connectivity index (χ4n) is 2.00. The van der Waals surface area contributed by atoms with Crippen molar-refractivity contribution in [3.8, 4) is 0 Å². The maximum atomic E-state index is 12.8. The minimum atomic E-state index is -0.435. The van der Waals surface area contributed by atoms with Crippen LogP contribution in [0.15, 0.2) is 24.3 Å². The fraction of sp³-hybridized carbons (Fsp3) is 0.267. The highest BCUT2D eigenvalue weighted by atomic mass is 19.1. The number of carbonyl (C=O) groups excluding carboxylic acids is 2. The zero-order valence-electron chi connectivity index (χ0n) is 12.6. The molecule has 2 rings (SSSR count). The van der Waals surface area contributed by atoms with E-state index in [1.807, 2.05) is 6.92 Å². The predicted octanol–water partition coefficient (Wildman–Crippen LogP) is 1.54. The van der Waals surface area contributed by atoms with E-state index in [0.717, 1.165) is 5.69 Å². The molecule has 0 aliphatic carbocycles. The molecular weight excluding hydrogens is 287 g/mol. The van der Waals surface area contributed by atoms with Crippen LogP contribution in [0.4, 0.5) is 10.1 Å². The van der Waals surface area contributed by atoms with E-state index >= 15 is 0 Å². The number of rotatable bonds is 4. The lowest BCUT2D eigenvalue weighted by molar-refractivity contribution is -0.115. The Bertz CT molecular complexity index is 707. The number of anilines is 1. The molecule has 2 aromatic rings. The van der Waals surface area contributed by atoms with Crippen molar-refractivity contribution < 1.29 is 14.0 Å². The van der Waals surface area contributed by atoms with Gasteiger partial charge in [-0.3, -0.25) is 14.3 Å². The van der Waals surface area contributed by atoms with E-state index in [1.54, 1.807) is 18.7 Å². The number of halogens is 1. The Morgan fingerprint density at radius 2 is 1.86 bits per heavy atom. The summed E-state index contributed by atoms with van der Waals surface area (Å²) in [5, 5.41) is 9.40. The van der Waals surface area contributed by atoms with Crippen LogP contribution >= 0.6 is 0 Å². The van der Waals surface area contributed by atoms with E-state index in [9.17, 15) is 14.0 Å². The van der Waals surface area contributed by atoms with E-state index in [0.29, 0.717) is 16.9 Å². The van der Waals surface area contributed by atoms with Crippen molar-refractivity contribution in [1.82, 2.24) is 15.1 Å². The SMILES string of the molecule is Cc1nn(C)c(C)c1NC(=O)CNC(=O)c1ccc(F)cc1. The molecular formula is C15H17FN4O2. The summed E-state index contributed by atoms with van der Waals surface area (Å²) < 4.78 is 14.4. The van der Waals surface area contributed by atoms with E-state index in [1.165, 1.54) is 24.3 Å². The van der Waals surface area contributed by atoms with Gasteiger partial charge >= 0.3 is 0 Å². The second-order valence-corrected chi connectivity index (χ2v) is 4.91. The van der Waals surface area contributed by atoms with Gasteiger partial charge in [0.25, 0.3) is 5.91 Å². The second kappa shape index (κ2) is 6.38. The molecule has 0 fully saturated rings.